The van der Waals surface area contributed by atoms with E-state index in [1.54, 1.807) is 0 Å². The predicted octanol–water partition coefficient (Wildman–Crippen LogP) is 14.9. The Hall–Kier alpha value is -7.42. The number of nitrogens with zero attached hydrogens (tertiary/aromatic N) is 2. The van der Waals surface area contributed by atoms with Crippen molar-refractivity contribution in [3.05, 3.63) is 231 Å². The smallest absolute Gasteiger partial charge is 0.0561 e. The summed E-state index contributed by atoms with van der Waals surface area (Å²) >= 11 is 0. The van der Waals surface area contributed by atoms with E-state index in [0.29, 0.717) is 0 Å². The lowest BCUT2D eigenvalue weighted by Crippen LogP contribution is -2.13. The molecule has 1 aromatic heterocycles. The molecule has 0 spiro atoms. The molecule has 0 unspecified atom stereocenters. The van der Waals surface area contributed by atoms with Crippen LogP contribution < -0.4 is 4.90 Å². The number of rotatable bonds is 8. The van der Waals surface area contributed by atoms with E-state index in [1.807, 2.05) is 0 Å². The van der Waals surface area contributed by atoms with Gasteiger partial charge in [0, 0.05) is 33.3 Å². The molecule has 2 nitrogen and oxygen atoms in total. The summed E-state index contributed by atoms with van der Waals surface area (Å²) in [6.45, 7) is 0. The zero-order valence-electron chi connectivity index (χ0n) is 30.8. The third-order valence-electron chi connectivity index (χ3n) is 10.8. The molecule has 0 radical (unpaired) electrons. The molecule has 0 saturated heterocycles. The van der Waals surface area contributed by atoms with Gasteiger partial charge in [-0.1, -0.05) is 188 Å². The number of benzene rings is 9. The topological polar surface area (TPSA) is 8.17 Å². The van der Waals surface area contributed by atoms with Crippen molar-refractivity contribution in [3.63, 3.8) is 0 Å². The van der Waals surface area contributed by atoms with Gasteiger partial charge in [-0.15, -0.1) is 0 Å². The van der Waals surface area contributed by atoms with Gasteiger partial charge in [0.25, 0.3) is 0 Å². The van der Waals surface area contributed by atoms with Crippen LogP contribution in [0.5, 0.6) is 0 Å². The molecule has 0 saturated carbocycles. The summed E-state index contributed by atoms with van der Waals surface area (Å²) in [4.78, 5) is 2.47. The van der Waals surface area contributed by atoms with Crippen LogP contribution in [0, 0.1) is 0 Å². The van der Waals surface area contributed by atoms with Crippen molar-refractivity contribution in [1.82, 2.24) is 4.57 Å². The highest BCUT2D eigenvalue weighted by atomic mass is 15.1. The molecular formula is C54H38N2. The quantitative estimate of drug-likeness (QED) is 0.152. The third-order valence-corrected chi connectivity index (χ3v) is 10.8. The van der Waals surface area contributed by atoms with Crippen molar-refractivity contribution in [2.24, 2.45) is 0 Å². The molecule has 0 aliphatic carbocycles. The van der Waals surface area contributed by atoms with Crippen LogP contribution in [0.3, 0.4) is 0 Å². The summed E-state index contributed by atoms with van der Waals surface area (Å²) in [5, 5.41) is 2.45. The maximum absolute atomic E-state index is 2.47. The number of hydrogen-bond acceptors (Lipinski definition) is 1. The lowest BCUT2D eigenvalue weighted by Gasteiger charge is -2.30. The second-order valence-electron chi connectivity index (χ2n) is 14.1. The van der Waals surface area contributed by atoms with Crippen LogP contribution >= 0.6 is 0 Å². The number of anilines is 3. The van der Waals surface area contributed by atoms with Crippen molar-refractivity contribution in [1.29, 1.82) is 0 Å². The molecular weight excluding hydrogens is 677 g/mol. The fraction of sp³-hybridized carbons (Fsp3) is 0. The van der Waals surface area contributed by atoms with Crippen molar-refractivity contribution in [3.8, 4) is 50.2 Å². The molecule has 0 N–H and O–H groups in total. The molecule has 0 amide bonds. The van der Waals surface area contributed by atoms with Crippen molar-refractivity contribution < 1.29 is 0 Å². The molecule has 0 aliphatic heterocycles. The Morgan fingerprint density at radius 1 is 0.286 bits per heavy atom. The van der Waals surface area contributed by atoms with E-state index in [4.69, 9.17) is 0 Å². The third kappa shape index (κ3) is 6.04. The van der Waals surface area contributed by atoms with E-state index < -0.39 is 0 Å². The zero-order chi connectivity index (χ0) is 37.3. The Bertz CT molecular complexity index is 2930. The van der Waals surface area contributed by atoms with E-state index in [0.717, 1.165) is 50.5 Å². The first kappa shape index (κ1) is 33.2. The van der Waals surface area contributed by atoms with Gasteiger partial charge in [-0.3, -0.25) is 0 Å². The van der Waals surface area contributed by atoms with Gasteiger partial charge in [0.15, 0.2) is 0 Å². The summed E-state index contributed by atoms with van der Waals surface area (Å²) < 4.78 is 2.42. The highest BCUT2D eigenvalue weighted by Crippen LogP contribution is 2.47. The molecule has 0 atom stereocenters. The van der Waals surface area contributed by atoms with Gasteiger partial charge in [-0.2, -0.15) is 0 Å². The van der Waals surface area contributed by atoms with Crippen LogP contribution in [0.15, 0.2) is 231 Å². The van der Waals surface area contributed by atoms with Gasteiger partial charge < -0.3 is 9.47 Å². The average molecular weight is 715 g/mol. The molecule has 1 heterocycles. The Kier molecular flexibility index (Phi) is 8.55. The van der Waals surface area contributed by atoms with Crippen molar-refractivity contribution in [2.45, 2.75) is 0 Å². The Morgan fingerprint density at radius 3 is 1.43 bits per heavy atom. The molecule has 56 heavy (non-hydrogen) atoms. The predicted molar refractivity (Wildman–Crippen MR) is 237 cm³/mol. The van der Waals surface area contributed by atoms with E-state index in [1.165, 1.54) is 38.5 Å². The fourth-order valence-corrected chi connectivity index (χ4v) is 8.14. The standard InChI is InChI=1S/C54H38N2/c1-5-17-39(18-6-1)41-29-32-45(33-30-41)55-52-28-16-14-26-49(52)50-36-34-46(38-54(50)55)56(51-27-15-13-25-47(51)42-21-9-3-10-22-42)53-37-44(40-19-7-2-8-20-40)31-35-48(53)43-23-11-4-12-24-43/h1-38H. The number of aromatic nitrogens is 1. The summed E-state index contributed by atoms with van der Waals surface area (Å²) in [6, 6.07) is 83.2. The minimum Gasteiger partial charge on any atom is -0.309 e. The first-order valence-corrected chi connectivity index (χ1v) is 19.2. The SMILES string of the molecule is c1ccc(-c2ccc(-n3c4ccccc4c4ccc(N(c5ccccc5-c5ccccc5)c5cc(-c6ccccc6)ccc5-c5ccccc5)cc43)cc2)cc1. The minimum atomic E-state index is 1.08. The van der Waals surface area contributed by atoms with E-state index in [2.05, 4.69) is 240 Å². The summed E-state index contributed by atoms with van der Waals surface area (Å²) in [7, 11) is 0. The van der Waals surface area contributed by atoms with Crippen LogP contribution in [0.2, 0.25) is 0 Å². The van der Waals surface area contributed by atoms with Gasteiger partial charge in [-0.25, -0.2) is 0 Å². The maximum Gasteiger partial charge on any atom is 0.0561 e. The molecule has 0 aliphatic rings. The Morgan fingerprint density at radius 2 is 0.768 bits per heavy atom. The zero-order valence-corrected chi connectivity index (χ0v) is 30.8. The van der Waals surface area contributed by atoms with E-state index in [-0.39, 0.29) is 0 Å². The molecule has 9 aromatic carbocycles. The number of hydrogen-bond donors (Lipinski definition) is 0. The van der Waals surface area contributed by atoms with Gasteiger partial charge in [0.05, 0.1) is 22.4 Å². The maximum atomic E-state index is 2.47. The van der Waals surface area contributed by atoms with Gasteiger partial charge in [0.1, 0.15) is 0 Å². The lowest BCUT2D eigenvalue weighted by molar-refractivity contribution is 1.18. The van der Waals surface area contributed by atoms with Crippen LogP contribution in [-0.2, 0) is 0 Å². The fourth-order valence-electron chi connectivity index (χ4n) is 8.14. The lowest BCUT2D eigenvalue weighted by atomic mass is 9.95. The van der Waals surface area contributed by atoms with Crippen molar-refractivity contribution >= 4 is 38.9 Å². The van der Waals surface area contributed by atoms with Gasteiger partial charge in [-0.05, 0) is 75.8 Å². The average Bonchev–Trinajstić information content (AvgIpc) is 3.61. The van der Waals surface area contributed by atoms with Crippen LogP contribution in [0.4, 0.5) is 17.1 Å². The van der Waals surface area contributed by atoms with E-state index >= 15 is 0 Å². The molecule has 10 aromatic rings. The van der Waals surface area contributed by atoms with Crippen molar-refractivity contribution in [2.75, 3.05) is 4.90 Å². The monoisotopic (exact) mass is 714 g/mol. The summed E-state index contributed by atoms with van der Waals surface area (Å²) in [6.07, 6.45) is 0. The molecule has 264 valence electrons. The summed E-state index contributed by atoms with van der Waals surface area (Å²) in [5.74, 6) is 0. The highest BCUT2D eigenvalue weighted by molar-refractivity contribution is 6.11. The minimum absolute atomic E-state index is 1.08. The summed E-state index contributed by atoms with van der Waals surface area (Å²) in [5.41, 5.74) is 16.2. The van der Waals surface area contributed by atoms with Gasteiger partial charge in [0.2, 0.25) is 0 Å². The van der Waals surface area contributed by atoms with Gasteiger partial charge >= 0.3 is 0 Å². The van der Waals surface area contributed by atoms with Crippen LogP contribution in [0.25, 0.3) is 72.0 Å². The van der Waals surface area contributed by atoms with Crippen LogP contribution in [-0.4, -0.2) is 4.57 Å². The molecule has 0 fully saturated rings. The first-order valence-electron chi connectivity index (χ1n) is 19.2. The Labute approximate surface area is 327 Å². The van der Waals surface area contributed by atoms with Crippen LogP contribution in [0.1, 0.15) is 0 Å². The highest BCUT2D eigenvalue weighted by Gasteiger charge is 2.23. The molecule has 10 rings (SSSR count). The molecule has 0 bridgehead atoms. The second-order valence-corrected chi connectivity index (χ2v) is 14.1. The normalized spacial score (nSPS) is 11.2. The number of para-hydroxylation sites is 2. The molecule has 2 heteroatoms. The van der Waals surface area contributed by atoms with E-state index in [9.17, 15) is 0 Å². The number of fused-ring (bicyclic) bond motifs is 3. The second kappa shape index (κ2) is 14.4. The Balaban J connectivity index is 1.25. The largest absolute Gasteiger partial charge is 0.309 e. The first-order chi connectivity index (χ1) is 27.8.